The van der Waals surface area contributed by atoms with E-state index >= 15 is 0 Å². The van der Waals surface area contributed by atoms with E-state index < -0.39 is 0 Å². The van der Waals surface area contributed by atoms with Crippen LogP contribution in [-0.4, -0.2) is 15.0 Å². The number of nitrogens with two attached hydrogens (primary N) is 1. The fourth-order valence-electron chi connectivity index (χ4n) is 2.24. The molecule has 0 atom stereocenters. The molecule has 106 valence electrons. The van der Waals surface area contributed by atoms with Crippen molar-refractivity contribution in [1.29, 1.82) is 0 Å². The van der Waals surface area contributed by atoms with Gasteiger partial charge in [-0.05, 0) is 49.2 Å². The second kappa shape index (κ2) is 5.22. The van der Waals surface area contributed by atoms with Crippen LogP contribution in [0.4, 0.5) is 5.82 Å². The molecule has 0 saturated heterocycles. The number of aromatic nitrogens is 3. The van der Waals surface area contributed by atoms with Crippen LogP contribution >= 0.6 is 11.6 Å². The Kier molecular flexibility index (Phi) is 3.39. The summed E-state index contributed by atoms with van der Waals surface area (Å²) < 4.78 is 1.65. The molecule has 2 N–H and O–H groups in total. The van der Waals surface area contributed by atoms with Gasteiger partial charge in [-0.3, -0.25) is 0 Å². The first kappa shape index (κ1) is 13.6. The Bertz CT molecular complexity index is 808. The second-order valence-electron chi connectivity index (χ2n) is 5.04. The summed E-state index contributed by atoms with van der Waals surface area (Å²) in [6.07, 6.45) is 0. The highest BCUT2D eigenvalue weighted by Gasteiger charge is 2.13. The molecule has 0 aliphatic carbocycles. The largest absolute Gasteiger partial charge is 0.382 e. The second-order valence-corrected chi connectivity index (χ2v) is 5.45. The number of aryl methyl sites for hydroxylation is 2. The third-order valence-electron chi connectivity index (χ3n) is 3.38. The Hall–Kier alpha value is -2.33. The normalized spacial score (nSPS) is 10.8. The minimum atomic E-state index is 0.516. The highest BCUT2D eigenvalue weighted by Crippen LogP contribution is 2.28. The van der Waals surface area contributed by atoms with E-state index in [2.05, 4.69) is 10.3 Å². The van der Waals surface area contributed by atoms with Gasteiger partial charge in [0.05, 0.1) is 5.69 Å². The lowest BCUT2D eigenvalue weighted by Gasteiger charge is -2.05. The van der Waals surface area contributed by atoms with E-state index in [4.69, 9.17) is 17.3 Å². The quantitative estimate of drug-likeness (QED) is 0.783. The van der Waals surface area contributed by atoms with Crippen LogP contribution in [0, 0.1) is 13.8 Å². The molecule has 0 saturated carbocycles. The molecule has 0 unspecified atom stereocenters. The number of hydrogen-bond acceptors (Lipinski definition) is 3. The summed E-state index contributed by atoms with van der Waals surface area (Å²) in [5.74, 6) is 0.516. The monoisotopic (exact) mass is 298 g/mol. The SMILES string of the molecule is Cc1cccc(-n2nnc(-c3ccc(Cl)c(C)c3)c2N)c1. The van der Waals surface area contributed by atoms with Gasteiger partial charge in [-0.2, -0.15) is 4.68 Å². The van der Waals surface area contributed by atoms with Gasteiger partial charge in [0, 0.05) is 10.6 Å². The van der Waals surface area contributed by atoms with Gasteiger partial charge in [-0.25, -0.2) is 0 Å². The minimum Gasteiger partial charge on any atom is -0.382 e. The third kappa shape index (κ3) is 2.50. The fourth-order valence-corrected chi connectivity index (χ4v) is 2.35. The maximum Gasteiger partial charge on any atom is 0.155 e. The summed E-state index contributed by atoms with van der Waals surface area (Å²) in [6.45, 7) is 3.98. The molecule has 0 spiro atoms. The van der Waals surface area contributed by atoms with Crippen LogP contribution in [0.2, 0.25) is 5.02 Å². The van der Waals surface area contributed by atoms with Gasteiger partial charge in [0.1, 0.15) is 5.69 Å². The number of halogens is 1. The van der Waals surface area contributed by atoms with Crippen LogP contribution in [0.5, 0.6) is 0 Å². The van der Waals surface area contributed by atoms with E-state index in [9.17, 15) is 0 Å². The number of nitrogen functional groups attached to an aromatic ring is 1. The van der Waals surface area contributed by atoms with Crippen molar-refractivity contribution in [3.8, 4) is 16.9 Å². The Morgan fingerprint density at radius 2 is 1.90 bits per heavy atom. The Labute approximate surface area is 128 Å². The summed E-state index contributed by atoms with van der Waals surface area (Å²) in [7, 11) is 0. The smallest absolute Gasteiger partial charge is 0.155 e. The van der Waals surface area contributed by atoms with Gasteiger partial charge >= 0.3 is 0 Å². The Morgan fingerprint density at radius 3 is 2.62 bits per heavy atom. The van der Waals surface area contributed by atoms with Crippen molar-refractivity contribution in [2.75, 3.05) is 5.73 Å². The summed E-state index contributed by atoms with van der Waals surface area (Å²) in [4.78, 5) is 0. The predicted molar refractivity (Wildman–Crippen MR) is 85.7 cm³/mol. The van der Waals surface area contributed by atoms with Gasteiger partial charge in [-0.15, -0.1) is 5.10 Å². The fraction of sp³-hybridized carbons (Fsp3) is 0.125. The third-order valence-corrected chi connectivity index (χ3v) is 3.81. The molecule has 0 fully saturated rings. The van der Waals surface area contributed by atoms with Gasteiger partial charge in [-0.1, -0.05) is 35.0 Å². The maximum atomic E-state index is 6.21. The van der Waals surface area contributed by atoms with Crippen LogP contribution in [0.1, 0.15) is 11.1 Å². The Morgan fingerprint density at radius 1 is 1.10 bits per heavy atom. The number of nitrogens with zero attached hydrogens (tertiary/aromatic N) is 3. The van der Waals surface area contributed by atoms with Crippen molar-refractivity contribution >= 4 is 17.4 Å². The first-order chi connectivity index (χ1) is 10.1. The zero-order chi connectivity index (χ0) is 15.0. The zero-order valence-corrected chi connectivity index (χ0v) is 12.6. The lowest BCUT2D eigenvalue weighted by molar-refractivity contribution is 0.810. The molecule has 0 bridgehead atoms. The van der Waals surface area contributed by atoms with Crippen LogP contribution in [-0.2, 0) is 0 Å². The lowest BCUT2D eigenvalue weighted by Crippen LogP contribution is -2.02. The number of benzene rings is 2. The summed E-state index contributed by atoms with van der Waals surface area (Å²) in [6, 6.07) is 13.7. The predicted octanol–water partition coefficient (Wildman–Crippen LogP) is 3.79. The molecular weight excluding hydrogens is 284 g/mol. The molecule has 21 heavy (non-hydrogen) atoms. The van der Waals surface area contributed by atoms with E-state index in [1.165, 1.54) is 0 Å². The van der Waals surface area contributed by atoms with Crippen molar-refractivity contribution in [3.63, 3.8) is 0 Å². The van der Waals surface area contributed by atoms with Gasteiger partial charge in [0.15, 0.2) is 5.82 Å². The van der Waals surface area contributed by atoms with Crippen LogP contribution in [0.15, 0.2) is 42.5 Å². The molecule has 5 heteroatoms. The minimum absolute atomic E-state index is 0.516. The Balaban J connectivity index is 2.09. The van der Waals surface area contributed by atoms with Crippen molar-refractivity contribution in [3.05, 3.63) is 58.6 Å². The first-order valence-electron chi connectivity index (χ1n) is 6.61. The molecule has 0 radical (unpaired) electrons. The van der Waals surface area contributed by atoms with Crippen molar-refractivity contribution in [2.24, 2.45) is 0 Å². The molecule has 2 aromatic carbocycles. The average Bonchev–Trinajstić information content (AvgIpc) is 2.84. The molecule has 3 rings (SSSR count). The van der Waals surface area contributed by atoms with Crippen molar-refractivity contribution in [2.45, 2.75) is 13.8 Å². The molecule has 3 aromatic rings. The molecule has 0 aliphatic heterocycles. The average molecular weight is 299 g/mol. The van der Waals surface area contributed by atoms with Crippen LogP contribution in [0.3, 0.4) is 0 Å². The van der Waals surface area contributed by atoms with Gasteiger partial charge in [0.2, 0.25) is 0 Å². The lowest BCUT2D eigenvalue weighted by atomic mass is 10.1. The van der Waals surface area contributed by atoms with Crippen molar-refractivity contribution < 1.29 is 0 Å². The van der Waals surface area contributed by atoms with Crippen LogP contribution in [0.25, 0.3) is 16.9 Å². The maximum absolute atomic E-state index is 6.21. The molecule has 0 amide bonds. The highest BCUT2D eigenvalue weighted by atomic mass is 35.5. The summed E-state index contributed by atoms with van der Waals surface area (Å²) in [5, 5.41) is 9.10. The number of rotatable bonds is 2. The molecular formula is C16H15ClN4. The zero-order valence-electron chi connectivity index (χ0n) is 11.8. The summed E-state index contributed by atoms with van der Waals surface area (Å²) >= 11 is 6.05. The highest BCUT2D eigenvalue weighted by molar-refractivity contribution is 6.31. The van der Waals surface area contributed by atoms with E-state index in [0.29, 0.717) is 11.5 Å². The standard InChI is InChI=1S/C16H15ClN4/c1-10-4-3-5-13(8-10)21-16(18)15(19-20-21)12-6-7-14(17)11(2)9-12/h3-9H,18H2,1-2H3. The molecule has 1 aromatic heterocycles. The molecule has 4 nitrogen and oxygen atoms in total. The summed E-state index contributed by atoms with van der Waals surface area (Å²) in [5.41, 5.74) is 10.8. The van der Waals surface area contributed by atoms with Gasteiger partial charge in [0.25, 0.3) is 0 Å². The van der Waals surface area contributed by atoms with Crippen molar-refractivity contribution in [1.82, 2.24) is 15.0 Å². The number of hydrogen-bond donors (Lipinski definition) is 1. The first-order valence-corrected chi connectivity index (χ1v) is 6.99. The molecule has 1 heterocycles. The van der Waals surface area contributed by atoms with Gasteiger partial charge < -0.3 is 5.73 Å². The topological polar surface area (TPSA) is 56.7 Å². The number of anilines is 1. The van der Waals surface area contributed by atoms with E-state index in [1.54, 1.807) is 4.68 Å². The van der Waals surface area contributed by atoms with E-state index in [1.807, 2.05) is 56.3 Å². The van der Waals surface area contributed by atoms with E-state index in [0.717, 1.165) is 27.4 Å². The van der Waals surface area contributed by atoms with E-state index in [-0.39, 0.29) is 0 Å². The van der Waals surface area contributed by atoms with Crippen LogP contribution < -0.4 is 5.73 Å². The molecule has 0 aliphatic rings.